The van der Waals surface area contributed by atoms with E-state index in [4.69, 9.17) is 5.73 Å². The third kappa shape index (κ3) is 8.26. The van der Waals surface area contributed by atoms with Gasteiger partial charge in [-0.05, 0) is 13.3 Å². The molecule has 4 N–H and O–H groups in total. The van der Waals surface area contributed by atoms with Crippen molar-refractivity contribution in [1.29, 1.82) is 0 Å². The van der Waals surface area contributed by atoms with E-state index in [0.717, 1.165) is 12.2 Å². The second kappa shape index (κ2) is 8.55. The first-order valence-corrected chi connectivity index (χ1v) is 6.16. The van der Waals surface area contributed by atoms with Crippen LogP contribution in [-0.4, -0.2) is 36.0 Å². The first-order valence-electron chi connectivity index (χ1n) is 5.01. The minimum atomic E-state index is -0.442. The Morgan fingerprint density at radius 2 is 2.07 bits per heavy atom. The van der Waals surface area contributed by atoms with E-state index in [0.29, 0.717) is 6.54 Å². The lowest BCUT2D eigenvalue weighted by molar-refractivity contribution is -0.117. The number of nitrogens with two attached hydrogens (primary N) is 1. The van der Waals surface area contributed by atoms with Crippen LogP contribution in [0.25, 0.3) is 0 Å². The molecule has 88 valence electrons. The molecule has 15 heavy (non-hydrogen) atoms. The third-order valence-electron chi connectivity index (χ3n) is 1.68. The summed E-state index contributed by atoms with van der Waals surface area (Å²) >= 11 is 1.44. The highest BCUT2D eigenvalue weighted by molar-refractivity contribution is 8.00. The molecule has 0 aromatic carbocycles. The Morgan fingerprint density at radius 1 is 1.40 bits per heavy atom. The van der Waals surface area contributed by atoms with Gasteiger partial charge in [0.25, 0.3) is 0 Å². The standard InChI is InChI=1S/C9H19N3O2S/c1-3-7(10)5-15-6-8(13)12-9(14)11-4-2/h7H,3-6,10H2,1-2H3,(H2,11,12,13,14). The van der Waals surface area contributed by atoms with Crippen LogP contribution in [0.2, 0.25) is 0 Å². The number of thioether (sulfide) groups is 1. The van der Waals surface area contributed by atoms with Gasteiger partial charge in [0.2, 0.25) is 5.91 Å². The quantitative estimate of drug-likeness (QED) is 0.616. The fourth-order valence-electron chi connectivity index (χ4n) is 0.788. The second-order valence-electron chi connectivity index (χ2n) is 3.09. The second-order valence-corrected chi connectivity index (χ2v) is 4.12. The van der Waals surface area contributed by atoms with E-state index < -0.39 is 6.03 Å². The zero-order valence-electron chi connectivity index (χ0n) is 9.21. The molecule has 5 nitrogen and oxygen atoms in total. The Kier molecular flexibility index (Phi) is 8.12. The number of urea groups is 1. The largest absolute Gasteiger partial charge is 0.338 e. The molecule has 0 aliphatic rings. The predicted molar refractivity (Wildman–Crippen MR) is 62.8 cm³/mol. The van der Waals surface area contributed by atoms with Gasteiger partial charge in [0, 0.05) is 18.3 Å². The van der Waals surface area contributed by atoms with Gasteiger partial charge < -0.3 is 11.1 Å². The Balaban J connectivity index is 3.53. The molecule has 0 saturated heterocycles. The summed E-state index contributed by atoms with van der Waals surface area (Å²) in [6.07, 6.45) is 0.894. The molecule has 0 spiro atoms. The van der Waals surface area contributed by atoms with Gasteiger partial charge in [0.1, 0.15) is 0 Å². The molecule has 0 aromatic heterocycles. The van der Waals surface area contributed by atoms with Crippen molar-refractivity contribution in [2.45, 2.75) is 26.3 Å². The number of carbonyl (C=O) groups is 2. The summed E-state index contributed by atoms with van der Waals surface area (Å²) < 4.78 is 0. The predicted octanol–water partition coefficient (Wildman–Crippen LogP) is 0.303. The normalized spacial score (nSPS) is 11.9. The fourth-order valence-corrected chi connectivity index (χ4v) is 1.70. The van der Waals surface area contributed by atoms with Crippen LogP contribution in [-0.2, 0) is 4.79 Å². The van der Waals surface area contributed by atoms with E-state index in [1.165, 1.54) is 11.8 Å². The van der Waals surface area contributed by atoms with Gasteiger partial charge in [-0.15, -0.1) is 0 Å². The van der Waals surface area contributed by atoms with Gasteiger partial charge in [0.05, 0.1) is 5.75 Å². The number of rotatable bonds is 6. The maximum absolute atomic E-state index is 11.2. The molecule has 6 heteroatoms. The molecule has 1 unspecified atom stereocenters. The van der Waals surface area contributed by atoms with E-state index in [1.54, 1.807) is 6.92 Å². The number of nitrogens with one attached hydrogen (secondary N) is 2. The zero-order valence-corrected chi connectivity index (χ0v) is 10.0. The maximum atomic E-state index is 11.2. The highest BCUT2D eigenvalue weighted by atomic mass is 32.2. The van der Waals surface area contributed by atoms with Gasteiger partial charge in [0.15, 0.2) is 0 Å². The molecule has 0 aliphatic carbocycles. The maximum Gasteiger partial charge on any atom is 0.321 e. The molecule has 0 aliphatic heterocycles. The number of imide groups is 1. The molecule has 0 aromatic rings. The summed E-state index contributed by atoms with van der Waals surface area (Å²) in [6, 6.07) is -0.324. The van der Waals surface area contributed by atoms with Crippen molar-refractivity contribution in [3.8, 4) is 0 Å². The van der Waals surface area contributed by atoms with Crippen molar-refractivity contribution in [1.82, 2.24) is 10.6 Å². The zero-order chi connectivity index (χ0) is 11.7. The molecule has 0 fully saturated rings. The van der Waals surface area contributed by atoms with E-state index in [2.05, 4.69) is 10.6 Å². The van der Waals surface area contributed by atoms with Crippen molar-refractivity contribution in [3.05, 3.63) is 0 Å². The number of hydrogen-bond donors (Lipinski definition) is 3. The average molecular weight is 233 g/mol. The summed E-state index contributed by atoms with van der Waals surface area (Å²) in [5.41, 5.74) is 5.68. The van der Waals surface area contributed by atoms with Gasteiger partial charge in [-0.25, -0.2) is 4.79 Å². The van der Waals surface area contributed by atoms with E-state index in [9.17, 15) is 9.59 Å². The van der Waals surface area contributed by atoms with Crippen LogP contribution in [0.15, 0.2) is 0 Å². The Bertz CT molecular complexity index is 212. The average Bonchev–Trinajstić information content (AvgIpc) is 2.17. The summed E-state index contributed by atoms with van der Waals surface area (Å²) in [6.45, 7) is 4.30. The minimum absolute atomic E-state index is 0.118. The van der Waals surface area contributed by atoms with Crippen LogP contribution in [0.1, 0.15) is 20.3 Å². The highest BCUT2D eigenvalue weighted by Gasteiger charge is 2.07. The van der Waals surface area contributed by atoms with Crippen molar-refractivity contribution < 1.29 is 9.59 Å². The van der Waals surface area contributed by atoms with Crippen LogP contribution in [0.4, 0.5) is 4.79 Å². The van der Waals surface area contributed by atoms with E-state index >= 15 is 0 Å². The van der Waals surface area contributed by atoms with E-state index in [-0.39, 0.29) is 17.7 Å². The molecule has 3 amide bonds. The smallest absolute Gasteiger partial charge is 0.321 e. The monoisotopic (exact) mass is 233 g/mol. The van der Waals surface area contributed by atoms with Crippen LogP contribution in [0.3, 0.4) is 0 Å². The SMILES string of the molecule is CCNC(=O)NC(=O)CSCC(N)CC. The van der Waals surface area contributed by atoms with Crippen LogP contribution >= 0.6 is 11.8 Å². The summed E-state index contributed by atoms with van der Waals surface area (Å²) in [5.74, 6) is 0.721. The van der Waals surface area contributed by atoms with Gasteiger partial charge in [-0.3, -0.25) is 10.1 Å². The number of amides is 3. The number of carbonyl (C=O) groups excluding carboxylic acids is 2. The molecular weight excluding hydrogens is 214 g/mol. The molecular formula is C9H19N3O2S. The summed E-state index contributed by atoms with van der Waals surface area (Å²) in [5, 5.41) is 4.70. The molecule has 0 saturated carbocycles. The van der Waals surface area contributed by atoms with Gasteiger partial charge >= 0.3 is 6.03 Å². The lowest BCUT2D eigenvalue weighted by Gasteiger charge is -2.08. The number of hydrogen-bond acceptors (Lipinski definition) is 4. The van der Waals surface area contributed by atoms with Crippen molar-refractivity contribution in [2.24, 2.45) is 5.73 Å². The van der Waals surface area contributed by atoms with Crippen molar-refractivity contribution in [2.75, 3.05) is 18.1 Å². The Morgan fingerprint density at radius 3 is 2.60 bits per heavy atom. The van der Waals surface area contributed by atoms with Crippen LogP contribution in [0, 0.1) is 0 Å². The first-order chi connectivity index (χ1) is 7.10. The topological polar surface area (TPSA) is 84.2 Å². The fraction of sp³-hybridized carbons (Fsp3) is 0.778. The lowest BCUT2D eigenvalue weighted by atomic mass is 10.3. The van der Waals surface area contributed by atoms with Crippen molar-refractivity contribution >= 4 is 23.7 Å². The first kappa shape index (κ1) is 14.2. The van der Waals surface area contributed by atoms with Crippen LogP contribution in [0.5, 0.6) is 0 Å². The molecule has 0 heterocycles. The van der Waals surface area contributed by atoms with E-state index in [1.807, 2.05) is 6.92 Å². The van der Waals surface area contributed by atoms with Gasteiger partial charge in [-0.2, -0.15) is 11.8 Å². The molecule has 0 radical (unpaired) electrons. The molecule has 0 bridgehead atoms. The molecule has 0 rings (SSSR count). The third-order valence-corrected chi connectivity index (χ3v) is 2.81. The van der Waals surface area contributed by atoms with Crippen LogP contribution < -0.4 is 16.4 Å². The Labute approximate surface area is 94.5 Å². The summed E-state index contributed by atoms with van der Waals surface area (Å²) in [7, 11) is 0. The van der Waals surface area contributed by atoms with Gasteiger partial charge in [-0.1, -0.05) is 6.92 Å². The Hall–Kier alpha value is -0.750. The lowest BCUT2D eigenvalue weighted by Crippen LogP contribution is -2.40. The molecule has 1 atom stereocenters. The van der Waals surface area contributed by atoms with Crippen molar-refractivity contribution in [3.63, 3.8) is 0 Å². The summed E-state index contributed by atoms with van der Waals surface area (Å²) in [4.78, 5) is 22.1. The highest BCUT2D eigenvalue weighted by Crippen LogP contribution is 2.02. The minimum Gasteiger partial charge on any atom is -0.338 e.